The number of nitrogens with zero attached hydrogens (tertiary/aromatic N) is 2. The summed E-state index contributed by atoms with van der Waals surface area (Å²) in [6.07, 6.45) is 4.78. The van der Waals surface area contributed by atoms with E-state index >= 15 is 0 Å². The third-order valence-corrected chi connectivity index (χ3v) is 2.57. The van der Waals surface area contributed by atoms with Gasteiger partial charge >= 0.3 is 0 Å². The van der Waals surface area contributed by atoms with Gasteiger partial charge in [-0.1, -0.05) is 0 Å². The van der Waals surface area contributed by atoms with Gasteiger partial charge < -0.3 is 10.6 Å². The fraction of sp³-hybridized carbons (Fsp3) is 0.500. The fourth-order valence-electron chi connectivity index (χ4n) is 1.35. The van der Waals surface area contributed by atoms with Gasteiger partial charge in [-0.2, -0.15) is 0 Å². The molecular weight excluding hydrogens is 279 g/mol. The zero-order chi connectivity index (χ0) is 9.10. The van der Waals surface area contributed by atoms with Crippen LogP contribution in [0, 0.1) is 3.57 Å². The van der Waals surface area contributed by atoms with Gasteiger partial charge in [0.2, 0.25) is 5.95 Å². The molecule has 1 saturated heterocycles. The van der Waals surface area contributed by atoms with Crippen LogP contribution in [0.1, 0.15) is 6.42 Å². The molecule has 0 bridgehead atoms. The van der Waals surface area contributed by atoms with Crippen molar-refractivity contribution in [1.29, 1.82) is 0 Å². The van der Waals surface area contributed by atoms with Gasteiger partial charge in [-0.05, 0) is 35.6 Å². The fourth-order valence-corrected chi connectivity index (χ4v) is 1.63. The van der Waals surface area contributed by atoms with Crippen molar-refractivity contribution in [3.05, 3.63) is 16.0 Å². The van der Waals surface area contributed by atoms with Crippen LogP contribution in [0.3, 0.4) is 0 Å². The Kier molecular flexibility index (Phi) is 2.94. The molecule has 2 heterocycles. The van der Waals surface area contributed by atoms with Crippen molar-refractivity contribution in [3.8, 4) is 0 Å². The number of rotatable bonds is 2. The summed E-state index contributed by atoms with van der Waals surface area (Å²) in [4.78, 5) is 8.37. The third-order valence-electron chi connectivity index (χ3n) is 2.01. The molecule has 1 aliphatic rings. The highest BCUT2D eigenvalue weighted by molar-refractivity contribution is 14.1. The first-order valence-corrected chi connectivity index (χ1v) is 5.37. The Morgan fingerprint density at radius 1 is 1.46 bits per heavy atom. The van der Waals surface area contributed by atoms with E-state index in [2.05, 4.69) is 43.2 Å². The molecule has 1 atom stereocenters. The van der Waals surface area contributed by atoms with Crippen molar-refractivity contribution in [3.63, 3.8) is 0 Å². The summed E-state index contributed by atoms with van der Waals surface area (Å²) in [6, 6.07) is 0.486. The molecular formula is C8H11IN4. The average molecular weight is 290 g/mol. The molecule has 1 aromatic rings. The van der Waals surface area contributed by atoms with Gasteiger partial charge in [0.05, 0.1) is 0 Å². The highest BCUT2D eigenvalue weighted by atomic mass is 127. The number of hydrogen-bond acceptors (Lipinski definition) is 4. The van der Waals surface area contributed by atoms with E-state index in [-0.39, 0.29) is 0 Å². The summed E-state index contributed by atoms with van der Waals surface area (Å²) in [7, 11) is 0. The van der Waals surface area contributed by atoms with Crippen molar-refractivity contribution < 1.29 is 0 Å². The van der Waals surface area contributed by atoms with Crippen LogP contribution in [0.5, 0.6) is 0 Å². The molecule has 0 spiro atoms. The summed E-state index contributed by atoms with van der Waals surface area (Å²) in [5.74, 6) is 0.731. The van der Waals surface area contributed by atoms with Gasteiger partial charge in [0.1, 0.15) is 0 Å². The minimum Gasteiger partial charge on any atom is -0.350 e. The van der Waals surface area contributed by atoms with Crippen LogP contribution in [-0.4, -0.2) is 29.1 Å². The SMILES string of the molecule is Ic1cnc(NC2CCNC2)nc1. The molecule has 13 heavy (non-hydrogen) atoms. The van der Waals surface area contributed by atoms with Crippen LogP contribution in [0.25, 0.3) is 0 Å². The molecule has 0 amide bonds. The highest BCUT2D eigenvalue weighted by Crippen LogP contribution is 2.07. The lowest BCUT2D eigenvalue weighted by molar-refractivity contribution is 0.780. The van der Waals surface area contributed by atoms with Gasteiger partial charge in [0, 0.05) is 28.6 Å². The van der Waals surface area contributed by atoms with Gasteiger partial charge in [0.25, 0.3) is 0 Å². The first-order chi connectivity index (χ1) is 6.34. The van der Waals surface area contributed by atoms with Crippen LogP contribution < -0.4 is 10.6 Å². The summed E-state index contributed by atoms with van der Waals surface area (Å²) in [5, 5.41) is 6.56. The van der Waals surface area contributed by atoms with E-state index in [9.17, 15) is 0 Å². The monoisotopic (exact) mass is 290 g/mol. The lowest BCUT2D eigenvalue weighted by Gasteiger charge is -2.09. The number of aromatic nitrogens is 2. The average Bonchev–Trinajstić information content (AvgIpc) is 2.62. The normalized spacial score (nSPS) is 21.8. The maximum atomic E-state index is 4.18. The summed E-state index contributed by atoms with van der Waals surface area (Å²) in [5.41, 5.74) is 0. The van der Waals surface area contributed by atoms with Gasteiger partial charge in [-0.3, -0.25) is 0 Å². The first kappa shape index (κ1) is 9.14. The molecule has 2 rings (SSSR count). The molecule has 1 fully saturated rings. The highest BCUT2D eigenvalue weighted by Gasteiger charge is 2.14. The van der Waals surface area contributed by atoms with E-state index in [1.807, 2.05) is 12.4 Å². The first-order valence-electron chi connectivity index (χ1n) is 4.29. The second-order valence-corrected chi connectivity index (χ2v) is 4.30. The third kappa shape index (κ3) is 2.50. The molecule has 0 radical (unpaired) electrons. The summed E-state index contributed by atoms with van der Waals surface area (Å²) in [6.45, 7) is 2.09. The summed E-state index contributed by atoms with van der Waals surface area (Å²) < 4.78 is 1.06. The summed E-state index contributed by atoms with van der Waals surface area (Å²) >= 11 is 2.20. The van der Waals surface area contributed by atoms with E-state index < -0.39 is 0 Å². The molecule has 1 aromatic heterocycles. The van der Waals surface area contributed by atoms with Crippen LogP contribution in [0.15, 0.2) is 12.4 Å². The Morgan fingerprint density at radius 2 is 2.23 bits per heavy atom. The van der Waals surface area contributed by atoms with Gasteiger partial charge in [-0.25, -0.2) is 9.97 Å². The Hall–Kier alpha value is -0.430. The van der Waals surface area contributed by atoms with Crippen molar-refractivity contribution in [2.45, 2.75) is 12.5 Å². The van der Waals surface area contributed by atoms with E-state index in [4.69, 9.17) is 0 Å². The maximum Gasteiger partial charge on any atom is 0.222 e. The van der Waals surface area contributed by atoms with E-state index in [0.717, 1.165) is 29.0 Å². The van der Waals surface area contributed by atoms with Gasteiger partial charge in [-0.15, -0.1) is 0 Å². The van der Waals surface area contributed by atoms with Crippen molar-refractivity contribution in [2.75, 3.05) is 18.4 Å². The topological polar surface area (TPSA) is 49.8 Å². The quantitative estimate of drug-likeness (QED) is 0.793. The van der Waals surface area contributed by atoms with Crippen LogP contribution in [0.2, 0.25) is 0 Å². The lowest BCUT2D eigenvalue weighted by atomic mass is 10.3. The van der Waals surface area contributed by atoms with Crippen LogP contribution in [-0.2, 0) is 0 Å². The predicted molar refractivity (Wildman–Crippen MR) is 59.6 cm³/mol. The van der Waals surface area contributed by atoms with Crippen molar-refractivity contribution in [2.24, 2.45) is 0 Å². The Morgan fingerprint density at radius 3 is 2.85 bits per heavy atom. The van der Waals surface area contributed by atoms with E-state index in [1.165, 1.54) is 0 Å². The molecule has 0 aliphatic carbocycles. The number of anilines is 1. The van der Waals surface area contributed by atoms with Crippen LogP contribution >= 0.6 is 22.6 Å². The Bertz CT molecular complexity index is 268. The zero-order valence-corrected chi connectivity index (χ0v) is 9.28. The minimum absolute atomic E-state index is 0.486. The second kappa shape index (κ2) is 4.19. The molecule has 5 heteroatoms. The maximum absolute atomic E-state index is 4.18. The Labute approximate surface area is 90.7 Å². The number of halogens is 1. The van der Waals surface area contributed by atoms with Crippen molar-refractivity contribution >= 4 is 28.5 Å². The smallest absolute Gasteiger partial charge is 0.222 e. The van der Waals surface area contributed by atoms with E-state index in [1.54, 1.807) is 0 Å². The standard InChI is InChI=1S/C8H11IN4/c9-6-3-11-8(12-4-6)13-7-1-2-10-5-7/h3-4,7,10H,1-2,5H2,(H,11,12,13). The van der Waals surface area contributed by atoms with Gasteiger partial charge in [0.15, 0.2) is 0 Å². The lowest BCUT2D eigenvalue weighted by Crippen LogP contribution is -2.23. The number of nitrogens with one attached hydrogen (secondary N) is 2. The molecule has 4 nitrogen and oxygen atoms in total. The zero-order valence-electron chi connectivity index (χ0n) is 7.13. The van der Waals surface area contributed by atoms with E-state index in [0.29, 0.717) is 6.04 Å². The molecule has 70 valence electrons. The predicted octanol–water partition coefficient (Wildman–Crippen LogP) is 0.855. The van der Waals surface area contributed by atoms with Crippen molar-refractivity contribution in [1.82, 2.24) is 15.3 Å². The molecule has 0 saturated carbocycles. The Balaban J connectivity index is 1.97. The minimum atomic E-state index is 0.486. The molecule has 1 aliphatic heterocycles. The second-order valence-electron chi connectivity index (χ2n) is 3.06. The molecule has 0 aromatic carbocycles. The molecule has 1 unspecified atom stereocenters. The van der Waals surface area contributed by atoms with Crippen LogP contribution in [0.4, 0.5) is 5.95 Å². The number of hydrogen-bond donors (Lipinski definition) is 2. The largest absolute Gasteiger partial charge is 0.350 e. The molecule has 2 N–H and O–H groups in total.